The third-order valence-corrected chi connectivity index (χ3v) is 1.73. The van der Waals surface area contributed by atoms with Crippen LogP contribution in [0.25, 0.3) is 10.9 Å². The Morgan fingerprint density at radius 2 is 2.36 bits per heavy atom. The largest absolute Gasteiger partial charge is 0.392 e. The molecule has 2 rings (SSSR count). The zero-order valence-corrected chi connectivity index (χ0v) is 5.91. The van der Waals surface area contributed by atoms with Gasteiger partial charge >= 0.3 is 0 Å². The number of aliphatic hydroxyl groups is 1. The number of pyridine rings is 1. The average Bonchev–Trinajstić information content (AvgIpc) is 2.50. The van der Waals surface area contributed by atoms with Gasteiger partial charge in [-0.05, 0) is 6.07 Å². The minimum atomic E-state index is 0.0438. The number of hydrogen-bond acceptors (Lipinski definition) is 2. The average molecular weight is 148 g/mol. The summed E-state index contributed by atoms with van der Waals surface area (Å²) < 4.78 is 0. The van der Waals surface area contributed by atoms with Gasteiger partial charge in [0.25, 0.3) is 0 Å². The monoisotopic (exact) mass is 148 g/mol. The van der Waals surface area contributed by atoms with Crippen molar-refractivity contribution in [1.82, 2.24) is 9.97 Å². The quantitative estimate of drug-likeness (QED) is 0.635. The van der Waals surface area contributed by atoms with Crippen molar-refractivity contribution in [1.29, 1.82) is 0 Å². The predicted octanol–water partition coefficient (Wildman–Crippen LogP) is 1.06. The molecule has 0 aliphatic rings. The van der Waals surface area contributed by atoms with E-state index in [1.54, 1.807) is 12.4 Å². The molecule has 3 nitrogen and oxygen atoms in total. The van der Waals surface area contributed by atoms with Crippen LogP contribution >= 0.6 is 0 Å². The van der Waals surface area contributed by atoms with Crippen molar-refractivity contribution in [3.05, 3.63) is 30.2 Å². The van der Waals surface area contributed by atoms with E-state index in [4.69, 9.17) is 5.11 Å². The molecule has 2 N–H and O–H groups in total. The molecule has 0 unspecified atom stereocenters. The van der Waals surface area contributed by atoms with Gasteiger partial charge < -0.3 is 10.1 Å². The first kappa shape index (κ1) is 6.37. The Kier molecular flexibility index (Phi) is 1.36. The third-order valence-electron chi connectivity index (χ3n) is 1.73. The summed E-state index contributed by atoms with van der Waals surface area (Å²) in [6.07, 6.45) is 5.26. The van der Waals surface area contributed by atoms with Crippen LogP contribution in [0, 0.1) is 0 Å². The summed E-state index contributed by atoms with van der Waals surface area (Å²) in [4.78, 5) is 6.99. The lowest BCUT2D eigenvalue weighted by Crippen LogP contribution is -1.84. The molecule has 2 aromatic rings. The van der Waals surface area contributed by atoms with Gasteiger partial charge in [0.15, 0.2) is 0 Å². The SMILES string of the molecule is OCc1cncc2[nH]ccc12. The van der Waals surface area contributed by atoms with Crippen LogP contribution in [0.4, 0.5) is 0 Å². The Morgan fingerprint density at radius 1 is 1.45 bits per heavy atom. The molecule has 3 heteroatoms. The zero-order chi connectivity index (χ0) is 7.68. The van der Waals surface area contributed by atoms with E-state index in [0.717, 1.165) is 16.5 Å². The van der Waals surface area contributed by atoms with Crippen LogP contribution < -0.4 is 0 Å². The number of rotatable bonds is 1. The van der Waals surface area contributed by atoms with E-state index in [0.29, 0.717) is 0 Å². The minimum absolute atomic E-state index is 0.0438. The van der Waals surface area contributed by atoms with Crippen LogP contribution in [0.1, 0.15) is 5.56 Å². The number of aromatic nitrogens is 2. The van der Waals surface area contributed by atoms with Gasteiger partial charge in [0.2, 0.25) is 0 Å². The molecule has 0 aromatic carbocycles. The maximum absolute atomic E-state index is 8.90. The summed E-state index contributed by atoms with van der Waals surface area (Å²) in [6.45, 7) is 0.0438. The molecule has 2 heterocycles. The van der Waals surface area contributed by atoms with Crippen LogP contribution in [0.3, 0.4) is 0 Å². The van der Waals surface area contributed by atoms with E-state index < -0.39 is 0 Å². The highest BCUT2D eigenvalue weighted by Gasteiger charge is 1.98. The summed E-state index contributed by atoms with van der Waals surface area (Å²) in [6, 6.07) is 1.93. The highest BCUT2D eigenvalue weighted by atomic mass is 16.3. The molecule has 0 aliphatic heterocycles. The maximum atomic E-state index is 8.90. The van der Waals surface area contributed by atoms with Gasteiger partial charge in [0.05, 0.1) is 18.3 Å². The van der Waals surface area contributed by atoms with Crippen molar-refractivity contribution in [2.45, 2.75) is 6.61 Å². The zero-order valence-electron chi connectivity index (χ0n) is 5.91. The van der Waals surface area contributed by atoms with E-state index in [1.807, 2.05) is 12.3 Å². The van der Waals surface area contributed by atoms with E-state index in [1.165, 1.54) is 0 Å². The van der Waals surface area contributed by atoms with Crippen LogP contribution in [0.5, 0.6) is 0 Å². The highest BCUT2D eigenvalue weighted by Crippen LogP contribution is 2.14. The summed E-state index contributed by atoms with van der Waals surface area (Å²) in [7, 11) is 0. The number of aliphatic hydroxyl groups excluding tert-OH is 1. The molecule has 0 saturated carbocycles. The molecule has 0 aliphatic carbocycles. The topological polar surface area (TPSA) is 48.9 Å². The van der Waals surface area contributed by atoms with Gasteiger partial charge in [-0.15, -0.1) is 0 Å². The summed E-state index contributed by atoms with van der Waals surface area (Å²) in [5, 5.41) is 9.94. The normalized spacial score (nSPS) is 10.6. The number of nitrogens with zero attached hydrogens (tertiary/aromatic N) is 1. The van der Waals surface area contributed by atoms with E-state index in [9.17, 15) is 0 Å². The molecule has 0 fully saturated rings. The lowest BCUT2D eigenvalue weighted by atomic mass is 10.2. The Labute approximate surface area is 63.7 Å². The molecule has 0 bridgehead atoms. The predicted molar refractivity (Wildman–Crippen MR) is 42.0 cm³/mol. The summed E-state index contributed by atoms with van der Waals surface area (Å²) in [5.74, 6) is 0. The molecular weight excluding hydrogens is 140 g/mol. The number of fused-ring (bicyclic) bond motifs is 1. The first-order valence-electron chi connectivity index (χ1n) is 3.42. The van der Waals surface area contributed by atoms with Gasteiger partial charge in [0, 0.05) is 23.3 Å². The van der Waals surface area contributed by atoms with E-state index >= 15 is 0 Å². The lowest BCUT2D eigenvalue weighted by molar-refractivity contribution is 0.283. The van der Waals surface area contributed by atoms with E-state index in [2.05, 4.69) is 9.97 Å². The van der Waals surface area contributed by atoms with Crippen molar-refractivity contribution in [3.8, 4) is 0 Å². The van der Waals surface area contributed by atoms with Crippen LogP contribution in [0.15, 0.2) is 24.7 Å². The molecule has 56 valence electrons. The molecule has 0 atom stereocenters. The number of aromatic amines is 1. The van der Waals surface area contributed by atoms with Gasteiger partial charge in [-0.25, -0.2) is 0 Å². The fourth-order valence-corrected chi connectivity index (χ4v) is 1.17. The second-order valence-corrected chi connectivity index (χ2v) is 2.40. The first-order valence-corrected chi connectivity index (χ1v) is 3.42. The first-order chi connectivity index (χ1) is 5.42. The minimum Gasteiger partial charge on any atom is -0.392 e. The van der Waals surface area contributed by atoms with Crippen molar-refractivity contribution < 1.29 is 5.11 Å². The van der Waals surface area contributed by atoms with Gasteiger partial charge in [-0.1, -0.05) is 0 Å². The molecular formula is C8H8N2O. The number of H-pyrrole nitrogens is 1. The van der Waals surface area contributed by atoms with Gasteiger partial charge in [-0.2, -0.15) is 0 Å². The van der Waals surface area contributed by atoms with Crippen LogP contribution in [-0.4, -0.2) is 15.1 Å². The Bertz CT molecular complexity index is 367. The maximum Gasteiger partial charge on any atom is 0.0703 e. The lowest BCUT2D eigenvalue weighted by Gasteiger charge is -1.95. The summed E-state index contributed by atoms with van der Waals surface area (Å²) in [5.41, 5.74) is 1.83. The molecule has 0 saturated heterocycles. The molecule has 0 radical (unpaired) electrons. The second-order valence-electron chi connectivity index (χ2n) is 2.40. The van der Waals surface area contributed by atoms with Crippen molar-refractivity contribution >= 4 is 10.9 Å². The van der Waals surface area contributed by atoms with Gasteiger partial charge in [0.1, 0.15) is 0 Å². The van der Waals surface area contributed by atoms with Crippen molar-refractivity contribution in [2.75, 3.05) is 0 Å². The fraction of sp³-hybridized carbons (Fsp3) is 0.125. The van der Waals surface area contributed by atoms with Crippen molar-refractivity contribution in [2.24, 2.45) is 0 Å². The molecule has 2 aromatic heterocycles. The molecule has 0 amide bonds. The van der Waals surface area contributed by atoms with Crippen LogP contribution in [0.2, 0.25) is 0 Å². The number of nitrogens with one attached hydrogen (secondary N) is 1. The second kappa shape index (κ2) is 2.36. The molecule has 0 spiro atoms. The Hall–Kier alpha value is -1.35. The van der Waals surface area contributed by atoms with Crippen LogP contribution in [-0.2, 0) is 6.61 Å². The number of hydrogen-bond donors (Lipinski definition) is 2. The van der Waals surface area contributed by atoms with E-state index in [-0.39, 0.29) is 6.61 Å². The third kappa shape index (κ3) is 0.897. The highest BCUT2D eigenvalue weighted by molar-refractivity contribution is 5.81. The molecule has 11 heavy (non-hydrogen) atoms. The summed E-state index contributed by atoms with van der Waals surface area (Å²) >= 11 is 0. The van der Waals surface area contributed by atoms with Crippen molar-refractivity contribution in [3.63, 3.8) is 0 Å². The smallest absolute Gasteiger partial charge is 0.0703 e. The fourth-order valence-electron chi connectivity index (χ4n) is 1.17. The van der Waals surface area contributed by atoms with Gasteiger partial charge in [-0.3, -0.25) is 4.98 Å². The standard InChI is InChI=1S/C8H8N2O/c11-5-6-3-9-4-8-7(6)1-2-10-8/h1-4,10-11H,5H2. The Morgan fingerprint density at radius 3 is 3.18 bits per heavy atom. The Balaban J connectivity index is 2.79.